The number of ether oxygens (including phenoxy) is 1. The first-order valence-corrected chi connectivity index (χ1v) is 12.9. The van der Waals surface area contributed by atoms with E-state index in [1.807, 2.05) is 17.6 Å². The van der Waals surface area contributed by atoms with E-state index in [0.29, 0.717) is 5.16 Å². The van der Waals surface area contributed by atoms with Crippen LogP contribution in [-0.4, -0.2) is 16.7 Å². The standard InChI is InChI=1S/C29H24F3N3OS/c1-17-12-19(6-11-27(17)36-2)22-4-3-5-26-28(22)35(21-9-7-20(30)8-10-21)29(34-26)37-16-23-24(31)13-18(15-33)14-25(23)32/h6-14,22H,3-5,16H2,1-2H3. The number of benzene rings is 3. The molecule has 4 aromatic rings. The fourth-order valence-corrected chi connectivity index (χ4v) is 5.98. The van der Waals surface area contributed by atoms with Crippen LogP contribution in [0, 0.1) is 35.7 Å². The van der Waals surface area contributed by atoms with Gasteiger partial charge in [-0.1, -0.05) is 23.9 Å². The van der Waals surface area contributed by atoms with Crippen LogP contribution >= 0.6 is 11.8 Å². The van der Waals surface area contributed by atoms with Crippen LogP contribution in [0.2, 0.25) is 0 Å². The molecule has 37 heavy (non-hydrogen) atoms. The minimum Gasteiger partial charge on any atom is -0.496 e. The zero-order valence-corrected chi connectivity index (χ0v) is 21.2. The maximum absolute atomic E-state index is 14.6. The Morgan fingerprint density at radius 3 is 2.46 bits per heavy atom. The monoisotopic (exact) mass is 519 g/mol. The average molecular weight is 520 g/mol. The van der Waals surface area contributed by atoms with Gasteiger partial charge < -0.3 is 4.74 Å². The minimum absolute atomic E-state index is 0.00717. The quantitative estimate of drug-likeness (QED) is 0.252. The molecule has 0 fully saturated rings. The molecule has 3 aromatic carbocycles. The van der Waals surface area contributed by atoms with Gasteiger partial charge in [-0.3, -0.25) is 4.57 Å². The van der Waals surface area contributed by atoms with Crippen molar-refractivity contribution in [1.82, 2.24) is 9.55 Å². The van der Waals surface area contributed by atoms with E-state index < -0.39 is 11.6 Å². The van der Waals surface area contributed by atoms with Gasteiger partial charge in [-0.15, -0.1) is 0 Å². The first-order chi connectivity index (χ1) is 17.9. The van der Waals surface area contributed by atoms with E-state index in [1.165, 1.54) is 23.9 Å². The summed E-state index contributed by atoms with van der Waals surface area (Å²) in [5, 5.41) is 9.57. The van der Waals surface area contributed by atoms with E-state index in [2.05, 4.69) is 12.1 Å². The van der Waals surface area contributed by atoms with E-state index in [0.717, 1.165) is 65.3 Å². The van der Waals surface area contributed by atoms with Crippen molar-refractivity contribution in [3.63, 3.8) is 0 Å². The van der Waals surface area contributed by atoms with Crippen molar-refractivity contribution < 1.29 is 17.9 Å². The molecule has 0 radical (unpaired) electrons. The number of rotatable bonds is 6. The van der Waals surface area contributed by atoms with Crippen LogP contribution in [0.5, 0.6) is 5.75 Å². The van der Waals surface area contributed by atoms with Crippen LogP contribution in [0.25, 0.3) is 5.69 Å². The van der Waals surface area contributed by atoms with Crippen molar-refractivity contribution in [2.75, 3.05) is 7.11 Å². The fraction of sp³-hybridized carbons (Fsp3) is 0.241. The number of fused-ring (bicyclic) bond motifs is 1. The highest BCUT2D eigenvalue weighted by atomic mass is 32.2. The number of halogens is 3. The molecular formula is C29H24F3N3OS. The number of hydrogen-bond donors (Lipinski definition) is 0. The molecule has 1 heterocycles. The molecule has 0 N–H and O–H groups in total. The lowest BCUT2D eigenvalue weighted by molar-refractivity contribution is 0.411. The van der Waals surface area contributed by atoms with E-state index in [1.54, 1.807) is 25.3 Å². The van der Waals surface area contributed by atoms with Crippen molar-refractivity contribution in [1.29, 1.82) is 5.26 Å². The molecule has 1 aliphatic carbocycles. The van der Waals surface area contributed by atoms with Gasteiger partial charge in [0.15, 0.2) is 5.16 Å². The van der Waals surface area contributed by atoms with Gasteiger partial charge in [0.25, 0.3) is 0 Å². The molecular weight excluding hydrogens is 495 g/mol. The molecule has 4 nitrogen and oxygen atoms in total. The van der Waals surface area contributed by atoms with Gasteiger partial charge in [0.1, 0.15) is 23.2 Å². The summed E-state index contributed by atoms with van der Waals surface area (Å²) < 4.78 is 50.4. The number of imidazole rings is 1. The number of nitriles is 1. The van der Waals surface area contributed by atoms with E-state index in [-0.39, 0.29) is 28.6 Å². The second-order valence-electron chi connectivity index (χ2n) is 9.03. The Morgan fingerprint density at radius 2 is 1.81 bits per heavy atom. The molecule has 1 atom stereocenters. The Hall–Kier alpha value is -3.70. The maximum atomic E-state index is 14.6. The lowest BCUT2D eigenvalue weighted by Crippen LogP contribution is -2.15. The average Bonchev–Trinajstić information content (AvgIpc) is 3.27. The number of aryl methyl sites for hydroxylation is 2. The highest BCUT2D eigenvalue weighted by molar-refractivity contribution is 7.98. The summed E-state index contributed by atoms with van der Waals surface area (Å²) in [5.74, 6) is -1.03. The number of aromatic nitrogens is 2. The van der Waals surface area contributed by atoms with Crippen molar-refractivity contribution in [3.8, 4) is 17.5 Å². The number of methoxy groups -OCH3 is 1. The normalized spacial score (nSPS) is 14.8. The molecule has 0 saturated carbocycles. The summed E-state index contributed by atoms with van der Waals surface area (Å²) in [4.78, 5) is 4.90. The Kier molecular flexibility index (Phi) is 6.98. The Balaban J connectivity index is 1.60. The molecule has 8 heteroatoms. The lowest BCUT2D eigenvalue weighted by Gasteiger charge is -2.26. The SMILES string of the molecule is COc1ccc(C2CCCc3nc(SCc4c(F)cc(C#N)cc4F)n(-c4ccc(F)cc4)c32)cc1C. The number of thioether (sulfide) groups is 1. The summed E-state index contributed by atoms with van der Waals surface area (Å²) in [6.45, 7) is 2.01. The molecule has 188 valence electrons. The van der Waals surface area contributed by atoms with Crippen molar-refractivity contribution >= 4 is 11.8 Å². The van der Waals surface area contributed by atoms with Crippen LogP contribution in [0.4, 0.5) is 13.2 Å². The van der Waals surface area contributed by atoms with Crippen LogP contribution < -0.4 is 4.74 Å². The third kappa shape index (κ3) is 4.84. The van der Waals surface area contributed by atoms with Gasteiger partial charge >= 0.3 is 0 Å². The predicted molar refractivity (Wildman–Crippen MR) is 137 cm³/mol. The van der Waals surface area contributed by atoms with Gasteiger partial charge in [0, 0.05) is 22.9 Å². The highest BCUT2D eigenvalue weighted by Gasteiger charge is 2.30. The van der Waals surface area contributed by atoms with Crippen LogP contribution in [0.3, 0.4) is 0 Å². The molecule has 0 saturated heterocycles. The van der Waals surface area contributed by atoms with E-state index in [9.17, 15) is 13.2 Å². The van der Waals surface area contributed by atoms with Gasteiger partial charge in [-0.2, -0.15) is 5.26 Å². The summed E-state index contributed by atoms with van der Waals surface area (Å²) in [7, 11) is 1.65. The van der Waals surface area contributed by atoms with Crippen LogP contribution in [0.1, 0.15) is 52.4 Å². The fourth-order valence-electron chi connectivity index (χ4n) is 4.93. The van der Waals surface area contributed by atoms with Crippen molar-refractivity contribution in [2.45, 2.75) is 43.0 Å². The number of nitrogens with zero attached hydrogens (tertiary/aromatic N) is 3. The third-order valence-corrected chi connectivity index (χ3v) is 7.68. The summed E-state index contributed by atoms with van der Waals surface area (Å²) in [5.41, 5.74) is 4.64. The summed E-state index contributed by atoms with van der Waals surface area (Å²) in [6, 6.07) is 16.2. The van der Waals surface area contributed by atoms with Crippen molar-refractivity contribution in [2.24, 2.45) is 0 Å². The molecule has 5 rings (SSSR count). The van der Waals surface area contributed by atoms with Gasteiger partial charge in [-0.05, 0) is 79.8 Å². The molecule has 1 aliphatic rings. The van der Waals surface area contributed by atoms with Crippen LogP contribution in [-0.2, 0) is 12.2 Å². The van der Waals surface area contributed by atoms with E-state index in [4.69, 9.17) is 15.0 Å². The number of hydrogen-bond acceptors (Lipinski definition) is 4. The highest BCUT2D eigenvalue weighted by Crippen LogP contribution is 2.42. The summed E-state index contributed by atoms with van der Waals surface area (Å²) in [6.07, 6.45) is 2.64. The van der Waals surface area contributed by atoms with Crippen molar-refractivity contribution in [3.05, 3.63) is 106 Å². The minimum atomic E-state index is -0.764. The van der Waals surface area contributed by atoms with Gasteiger partial charge in [0.2, 0.25) is 0 Å². The molecule has 1 aromatic heterocycles. The topological polar surface area (TPSA) is 50.8 Å². The zero-order chi connectivity index (χ0) is 26.1. The second kappa shape index (κ2) is 10.3. The molecule has 1 unspecified atom stereocenters. The molecule has 0 bridgehead atoms. The first-order valence-electron chi connectivity index (χ1n) is 11.9. The maximum Gasteiger partial charge on any atom is 0.173 e. The van der Waals surface area contributed by atoms with Gasteiger partial charge in [-0.25, -0.2) is 18.2 Å². The largest absolute Gasteiger partial charge is 0.496 e. The molecule has 0 aliphatic heterocycles. The molecule has 0 spiro atoms. The predicted octanol–water partition coefficient (Wildman–Crippen LogP) is 7.24. The first kappa shape index (κ1) is 25.0. The Bertz CT molecular complexity index is 1490. The lowest BCUT2D eigenvalue weighted by atomic mass is 9.83. The summed E-state index contributed by atoms with van der Waals surface area (Å²) >= 11 is 1.22. The molecule has 0 amide bonds. The third-order valence-electron chi connectivity index (χ3n) is 6.72. The smallest absolute Gasteiger partial charge is 0.173 e. The van der Waals surface area contributed by atoms with Crippen LogP contribution in [0.15, 0.2) is 59.8 Å². The van der Waals surface area contributed by atoms with Gasteiger partial charge in [0.05, 0.1) is 30.1 Å². The zero-order valence-electron chi connectivity index (χ0n) is 20.4. The van der Waals surface area contributed by atoms with E-state index >= 15 is 0 Å². The second-order valence-corrected chi connectivity index (χ2v) is 9.97. The Labute approximate surface area is 217 Å². The Morgan fingerprint density at radius 1 is 1.08 bits per heavy atom.